The summed E-state index contributed by atoms with van der Waals surface area (Å²) in [5.74, 6) is -1.20. The minimum absolute atomic E-state index is 0.0978. The highest BCUT2D eigenvalue weighted by Crippen LogP contribution is 2.51. The van der Waals surface area contributed by atoms with Crippen molar-refractivity contribution in [2.45, 2.75) is 51.6 Å². The summed E-state index contributed by atoms with van der Waals surface area (Å²) in [5.41, 5.74) is 0.970. The van der Waals surface area contributed by atoms with Crippen molar-refractivity contribution in [3.05, 3.63) is 69.7 Å². The lowest BCUT2D eigenvalue weighted by Gasteiger charge is -2.50. The molecule has 3 rings (SSSR count). The summed E-state index contributed by atoms with van der Waals surface area (Å²) in [6, 6.07) is 14.8. The molecule has 1 aliphatic heterocycles. The molecule has 0 aromatic heterocycles. The average Bonchev–Trinajstić information content (AvgIpc) is 2.63. The molecule has 6 heteroatoms. The van der Waals surface area contributed by atoms with Crippen LogP contribution in [-0.4, -0.2) is 27.9 Å². The molecule has 1 heterocycles. The molecule has 4 nitrogen and oxygen atoms in total. The fourth-order valence-electron chi connectivity index (χ4n) is 4.44. The lowest BCUT2D eigenvalue weighted by Crippen LogP contribution is -2.54. The van der Waals surface area contributed by atoms with Crippen LogP contribution in [0.2, 0.25) is 10.0 Å². The van der Waals surface area contributed by atoms with Gasteiger partial charge in [0.15, 0.2) is 0 Å². The molecule has 1 amide bonds. The van der Waals surface area contributed by atoms with E-state index in [9.17, 15) is 14.7 Å². The maximum atomic E-state index is 13.5. The second kappa shape index (κ2) is 8.37. The Hall–Kier alpha value is -2.04. The Morgan fingerprint density at radius 2 is 1.79 bits per heavy atom. The van der Waals surface area contributed by atoms with Crippen molar-refractivity contribution in [1.82, 2.24) is 4.90 Å². The van der Waals surface area contributed by atoms with Crippen molar-refractivity contribution in [3.63, 3.8) is 0 Å². The van der Waals surface area contributed by atoms with E-state index in [1.165, 1.54) is 0 Å². The van der Waals surface area contributed by atoms with Crippen molar-refractivity contribution in [2.75, 3.05) is 0 Å². The number of carbonyl (C=O) groups excluding carboxylic acids is 1. The van der Waals surface area contributed by atoms with Gasteiger partial charge in [0.2, 0.25) is 5.91 Å². The molecule has 0 saturated carbocycles. The first-order chi connectivity index (χ1) is 13.6. The second-order valence-electron chi connectivity index (χ2n) is 8.30. The second-order valence-corrected chi connectivity index (χ2v) is 9.17. The Morgan fingerprint density at radius 3 is 2.34 bits per heavy atom. The Morgan fingerprint density at radius 1 is 1.14 bits per heavy atom. The minimum Gasteiger partial charge on any atom is -0.481 e. The first kappa shape index (κ1) is 21.7. The quantitative estimate of drug-likeness (QED) is 0.634. The summed E-state index contributed by atoms with van der Waals surface area (Å²) in [7, 11) is 0. The molecule has 2 aromatic rings. The zero-order valence-electron chi connectivity index (χ0n) is 16.7. The molecular formula is C23H25Cl2NO3. The number of amides is 1. The lowest BCUT2D eigenvalue weighted by atomic mass is 9.67. The van der Waals surface area contributed by atoms with Crippen molar-refractivity contribution in [3.8, 4) is 0 Å². The molecule has 1 aliphatic rings. The molecule has 3 atom stereocenters. The summed E-state index contributed by atoms with van der Waals surface area (Å²) >= 11 is 12.4. The van der Waals surface area contributed by atoms with Crippen LogP contribution in [0.25, 0.3) is 0 Å². The zero-order chi connectivity index (χ0) is 21.3. The van der Waals surface area contributed by atoms with Crippen LogP contribution in [0, 0.1) is 5.41 Å². The number of rotatable bonds is 5. The van der Waals surface area contributed by atoms with Gasteiger partial charge in [-0.15, -0.1) is 0 Å². The van der Waals surface area contributed by atoms with E-state index in [0.29, 0.717) is 16.5 Å². The van der Waals surface area contributed by atoms with Crippen LogP contribution in [0.1, 0.15) is 56.7 Å². The number of piperidine rings is 1. The first-order valence-corrected chi connectivity index (χ1v) is 10.4. The molecule has 2 aromatic carbocycles. The number of hydrogen-bond acceptors (Lipinski definition) is 2. The van der Waals surface area contributed by atoms with E-state index in [1.807, 2.05) is 67.3 Å². The van der Waals surface area contributed by atoms with Gasteiger partial charge < -0.3 is 10.0 Å². The Labute approximate surface area is 181 Å². The van der Waals surface area contributed by atoms with Gasteiger partial charge in [0.25, 0.3) is 0 Å². The largest absolute Gasteiger partial charge is 0.481 e. The van der Waals surface area contributed by atoms with Gasteiger partial charge in [-0.2, -0.15) is 0 Å². The number of hydrogen-bond donors (Lipinski definition) is 1. The molecule has 1 fully saturated rings. The smallest absolute Gasteiger partial charge is 0.304 e. The Kier molecular flexibility index (Phi) is 6.25. The van der Waals surface area contributed by atoms with Crippen LogP contribution in [0.3, 0.4) is 0 Å². The van der Waals surface area contributed by atoms with Gasteiger partial charge in [0.1, 0.15) is 0 Å². The maximum absolute atomic E-state index is 13.5. The highest BCUT2D eigenvalue weighted by Gasteiger charge is 2.51. The number of benzene rings is 2. The fraction of sp³-hybridized carbons (Fsp3) is 0.391. The summed E-state index contributed by atoms with van der Waals surface area (Å²) in [4.78, 5) is 26.9. The predicted molar refractivity (Wildman–Crippen MR) is 115 cm³/mol. The van der Waals surface area contributed by atoms with E-state index in [4.69, 9.17) is 23.2 Å². The summed E-state index contributed by atoms with van der Waals surface area (Å²) in [5, 5.41) is 10.7. The number of likely N-dealkylation sites (tertiary alicyclic amines) is 1. The average molecular weight is 434 g/mol. The van der Waals surface area contributed by atoms with Crippen LogP contribution in [-0.2, 0) is 9.59 Å². The van der Waals surface area contributed by atoms with Crippen molar-refractivity contribution >= 4 is 35.1 Å². The number of halogens is 2. The lowest BCUT2D eigenvalue weighted by molar-refractivity contribution is -0.159. The molecule has 0 aliphatic carbocycles. The van der Waals surface area contributed by atoms with Gasteiger partial charge >= 0.3 is 5.97 Å². The third-order valence-corrected chi connectivity index (χ3v) is 6.18. The topological polar surface area (TPSA) is 57.6 Å². The first-order valence-electron chi connectivity index (χ1n) is 9.68. The zero-order valence-corrected chi connectivity index (χ0v) is 18.2. The van der Waals surface area contributed by atoms with E-state index >= 15 is 0 Å². The SMILES string of the molecule is CC(C)N1C(=O)C(C)(CC(=O)O)CC(c2cccc(Cl)c2)C1c1ccc(Cl)cc1. The fourth-order valence-corrected chi connectivity index (χ4v) is 4.77. The highest BCUT2D eigenvalue weighted by molar-refractivity contribution is 6.30. The summed E-state index contributed by atoms with van der Waals surface area (Å²) in [6.45, 7) is 5.68. The number of aliphatic carboxylic acids is 1. The number of carboxylic acids is 1. The summed E-state index contributed by atoms with van der Waals surface area (Å²) < 4.78 is 0. The van der Waals surface area contributed by atoms with Crippen LogP contribution >= 0.6 is 23.2 Å². The van der Waals surface area contributed by atoms with Crippen molar-refractivity contribution in [1.29, 1.82) is 0 Å². The number of nitrogens with zero attached hydrogens (tertiary/aromatic N) is 1. The Bertz CT molecular complexity index is 913. The molecule has 29 heavy (non-hydrogen) atoms. The van der Waals surface area contributed by atoms with E-state index in [0.717, 1.165) is 11.1 Å². The van der Waals surface area contributed by atoms with Crippen LogP contribution < -0.4 is 0 Å². The number of carboxylic acid groups (broad SMARTS) is 1. The molecule has 154 valence electrons. The third-order valence-electron chi connectivity index (χ3n) is 5.69. The van der Waals surface area contributed by atoms with Crippen LogP contribution in [0.5, 0.6) is 0 Å². The van der Waals surface area contributed by atoms with E-state index in [2.05, 4.69) is 0 Å². The maximum Gasteiger partial charge on any atom is 0.304 e. The molecule has 0 radical (unpaired) electrons. The van der Waals surface area contributed by atoms with Crippen LogP contribution in [0.4, 0.5) is 0 Å². The molecular weight excluding hydrogens is 409 g/mol. The van der Waals surface area contributed by atoms with Crippen molar-refractivity contribution in [2.24, 2.45) is 5.41 Å². The van der Waals surface area contributed by atoms with Gasteiger partial charge in [0, 0.05) is 22.0 Å². The summed E-state index contributed by atoms with van der Waals surface area (Å²) in [6.07, 6.45) is 0.217. The van der Waals surface area contributed by atoms with Gasteiger partial charge in [0.05, 0.1) is 17.9 Å². The third kappa shape index (κ3) is 4.44. The Balaban J connectivity index is 2.18. The van der Waals surface area contributed by atoms with E-state index in [1.54, 1.807) is 6.92 Å². The molecule has 1 saturated heterocycles. The normalized spacial score (nSPS) is 24.8. The predicted octanol–water partition coefficient (Wildman–Crippen LogP) is 5.94. The molecule has 1 N–H and O–H groups in total. The van der Waals surface area contributed by atoms with Crippen molar-refractivity contribution < 1.29 is 14.7 Å². The van der Waals surface area contributed by atoms with Gasteiger partial charge in [-0.3, -0.25) is 9.59 Å². The van der Waals surface area contributed by atoms with Gasteiger partial charge in [-0.1, -0.05) is 54.4 Å². The standard InChI is InChI=1S/C23H25Cl2NO3/c1-14(2)26-21(15-7-9-17(24)10-8-15)19(16-5-4-6-18(25)11-16)12-23(3,22(26)29)13-20(27)28/h4-11,14,19,21H,12-13H2,1-3H3,(H,27,28). The minimum atomic E-state index is -0.994. The molecule has 3 unspecified atom stereocenters. The van der Waals surface area contributed by atoms with Gasteiger partial charge in [-0.25, -0.2) is 0 Å². The van der Waals surface area contributed by atoms with Gasteiger partial charge in [-0.05, 0) is 55.7 Å². The monoisotopic (exact) mass is 433 g/mol. The molecule has 0 bridgehead atoms. The van der Waals surface area contributed by atoms with Crippen LogP contribution in [0.15, 0.2) is 48.5 Å². The highest BCUT2D eigenvalue weighted by atomic mass is 35.5. The number of carbonyl (C=O) groups is 2. The molecule has 0 spiro atoms. The van der Waals surface area contributed by atoms with E-state index in [-0.39, 0.29) is 30.3 Å². The van der Waals surface area contributed by atoms with E-state index < -0.39 is 11.4 Å².